The fraction of sp³-hybridized carbons (Fsp3) is 0.462. The summed E-state index contributed by atoms with van der Waals surface area (Å²) in [5, 5.41) is 10.9. The normalized spacial score (nSPS) is 18.9. The summed E-state index contributed by atoms with van der Waals surface area (Å²) in [6.07, 6.45) is 0.781. The number of nitrogen functional groups attached to an aromatic ring is 1. The van der Waals surface area contributed by atoms with Gasteiger partial charge in [-0.3, -0.25) is 14.9 Å². The summed E-state index contributed by atoms with van der Waals surface area (Å²) in [5.41, 5.74) is 5.64. The smallest absolute Gasteiger partial charge is 0.292 e. The van der Waals surface area contributed by atoms with Gasteiger partial charge in [-0.05, 0) is 18.6 Å². The molecule has 20 heavy (non-hydrogen) atoms. The van der Waals surface area contributed by atoms with Crippen molar-refractivity contribution in [3.8, 4) is 0 Å². The molecule has 0 saturated carbocycles. The second-order valence-electron chi connectivity index (χ2n) is 4.67. The molecule has 1 aliphatic heterocycles. The Labute approximate surface area is 116 Å². The molecule has 1 amide bonds. The summed E-state index contributed by atoms with van der Waals surface area (Å²) in [7, 11) is 0. The fourth-order valence-corrected chi connectivity index (χ4v) is 2.26. The highest BCUT2D eigenvalue weighted by Gasteiger charge is 2.28. The van der Waals surface area contributed by atoms with Crippen molar-refractivity contribution in [1.29, 1.82) is 0 Å². The lowest BCUT2D eigenvalue weighted by Gasteiger charge is -2.35. The van der Waals surface area contributed by atoms with E-state index in [1.165, 1.54) is 18.2 Å². The van der Waals surface area contributed by atoms with E-state index in [1.54, 1.807) is 4.90 Å². The van der Waals surface area contributed by atoms with E-state index in [0.717, 1.165) is 6.42 Å². The Hall–Kier alpha value is -2.15. The van der Waals surface area contributed by atoms with Gasteiger partial charge in [-0.25, -0.2) is 0 Å². The monoisotopic (exact) mass is 279 g/mol. The first-order chi connectivity index (χ1) is 9.54. The van der Waals surface area contributed by atoms with Crippen LogP contribution in [0.4, 0.5) is 11.4 Å². The van der Waals surface area contributed by atoms with Crippen LogP contribution in [0.15, 0.2) is 18.2 Å². The molecule has 0 bridgehead atoms. The van der Waals surface area contributed by atoms with E-state index in [4.69, 9.17) is 10.5 Å². The van der Waals surface area contributed by atoms with E-state index in [0.29, 0.717) is 19.8 Å². The highest BCUT2D eigenvalue weighted by molar-refractivity contribution is 5.96. The Morgan fingerprint density at radius 1 is 1.60 bits per heavy atom. The SMILES string of the molecule is CCC1COCCN1C(=O)c1ccc(N)c([N+](=O)[O-])c1. The van der Waals surface area contributed by atoms with E-state index in [9.17, 15) is 14.9 Å². The first-order valence-electron chi connectivity index (χ1n) is 6.47. The number of morpholine rings is 1. The number of benzene rings is 1. The Morgan fingerprint density at radius 2 is 2.35 bits per heavy atom. The second kappa shape index (κ2) is 5.87. The molecule has 108 valence electrons. The molecule has 0 radical (unpaired) electrons. The molecule has 1 saturated heterocycles. The van der Waals surface area contributed by atoms with Crippen molar-refractivity contribution in [1.82, 2.24) is 4.90 Å². The van der Waals surface area contributed by atoms with Gasteiger partial charge in [-0.15, -0.1) is 0 Å². The Bertz CT molecular complexity index is 532. The standard InChI is InChI=1S/C13H17N3O4/c1-2-10-8-20-6-5-15(10)13(17)9-3-4-11(14)12(7-9)16(18)19/h3-4,7,10H,2,5-6,8,14H2,1H3. The number of rotatable bonds is 3. The van der Waals surface area contributed by atoms with Gasteiger partial charge in [0.05, 0.1) is 24.2 Å². The van der Waals surface area contributed by atoms with Gasteiger partial charge in [0.15, 0.2) is 0 Å². The lowest BCUT2D eigenvalue weighted by atomic mass is 10.1. The quantitative estimate of drug-likeness (QED) is 0.512. The molecule has 7 heteroatoms. The van der Waals surface area contributed by atoms with E-state index < -0.39 is 4.92 Å². The second-order valence-corrected chi connectivity index (χ2v) is 4.67. The van der Waals surface area contributed by atoms with Gasteiger partial charge in [0.1, 0.15) is 5.69 Å². The summed E-state index contributed by atoms with van der Waals surface area (Å²) in [5.74, 6) is -0.219. The number of hydrogen-bond donors (Lipinski definition) is 1. The number of nitro benzene ring substituents is 1. The molecule has 1 heterocycles. The van der Waals surface area contributed by atoms with Crippen LogP contribution in [-0.2, 0) is 4.74 Å². The van der Waals surface area contributed by atoms with Gasteiger partial charge in [0.25, 0.3) is 11.6 Å². The Balaban J connectivity index is 2.28. The lowest BCUT2D eigenvalue weighted by Crippen LogP contribution is -2.48. The van der Waals surface area contributed by atoms with Crippen LogP contribution < -0.4 is 5.73 Å². The molecule has 1 unspecified atom stereocenters. The number of nitrogens with two attached hydrogens (primary N) is 1. The van der Waals surface area contributed by atoms with Crippen molar-refractivity contribution in [2.75, 3.05) is 25.5 Å². The first kappa shape index (κ1) is 14.3. The van der Waals surface area contributed by atoms with E-state index in [-0.39, 0.29) is 28.9 Å². The van der Waals surface area contributed by atoms with E-state index in [2.05, 4.69) is 0 Å². The predicted molar refractivity (Wildman–Crippen MR) is 73.4 cm³/mol. The third kappa shape index (κ3) is 2.72. The van der Waals surface area contributed by atoms with Crippen molar-refractivity contribution in [2.24, 2.45) is 0 Å². The van der Waals surface area contributed by atoms with Crippen molar-refractivity contribution in [2.45, 2.75) is 19.4 Å². The van der Waals surface area contributed by atoms with Gasteiger partial charge in [0, 0.05) is 18.2 Å². The fourth-order valence-electron chi connectivity index (χ4n) is 2.26. The lowest BCUT2D eigenvalue weighted by molar-refractivity contribution is -0.383. The van der Waals surface area contributed by atoms with Crippen LogP contribution in [0.2, 0.25) is 0 Å². The molecule has 7 nitrogen and oxygen atoms in total. The molecule has 1 aromatic carbocycles. The maximum atomic E-state index is 12.5. The number of carbonyl (C=O) groups is 1. The molecule has 0 aliphatic carbocycles. The summed E-state index contributed by atoms with van der Waals surface area (Å²) < 4.78 is 5.35. The molecular formula is C13H17N3O4. The minimum absolute atomic E-state index is 0.00728. The van der Waals surface area contributed by atoms with Gasteiger partial charge < -0.3 is 15.4 Å². The van der Waals surface area contributed by atoms with E-state index in [1.807, 2.05) is 6.92 Å². The average Bonchev–Trinajstić information content (AvgIpc) is 2.46. The highest BCUT2D eigenvalue weighted by atomic mass is 16.6. The third-order valence-corrected chi connectivity index (χ3v) is 3.43. The van der Waals surface area contributed by atoms with Gasteiger partial charge in [-0.1, -0.05) is 6.92 Å². The van der Waals surface area contributed by atoms with Gasteiger partial charge >= 0.3 is 0 Å². The van der Waals surface area contributed by atoms with Crippen LogP contribution >= 0.6 is 0 Å². The number of nitrogens with zero attached hydrogens (tertiary/aromatic N) is 2. The van der Waals surface area contributed by atoms with E-state index >= 15 is 0 Å². The number of amides is 1. The van der Waals surface area contributed by atoms with Crippen molar-refractivity contribution >= 4 is 17.3 Å². The van der Waals surface area contributed by atoms with Crippen LogP contribution in [0.1, 0.15) is 23.7 Å². The van der Waals surface area contributed by atoms with Crippen molar-refractivity contribution < 1.29 is 14.5 Å². The molecule has 0 spiro atoms. The van der Waals surface area contributed by atoms with Crippen LogP contribution in [0, 0.1) is 10.1 Å². The van der Waals surface area contributed by atoms with Crippen LogP contribution in [0.5, 0.6) is 0 Å². The van der Waals surface area contributed by atoms with Gasteiger partial charge in [0.2, 0.25) is 0 Å². The Kier molecular flexibility index (Phi) is 4.19. The van der Waals surface area contributed by atoms with Crippen LogP contribution in [0.3, 0.4) is 0 Å². The number of anilines is 1. The predicted octanol–water partition coefficient (Wildman–Crippen LogP) is 1.43. The summed E-state index contributed by atoms with van der Waals surface area (Å²) in [4.78, 5) is 24.5. The molecule has 1 atom stereocenters. The maximum absolute atomic E-state index is 12.5. The molecular weight excluding hydrogens is 262 g/mol. The zero-order chi connectivity index (χ0) is 14.7. The number of hydrogen-bond acceptors (Lipinski definition) is 5. The highest BCUT2D eigenvalue weighted by Crippen LogP contribution is 2.24. The number of nitro groups is 1. The third-order valence-electron chi connectivity index (χ3n) is 3.43. The summed E-state index contributed by atoms with van der Waals surface area (Å²) in [6, 6.07) is 4.16. The molecule has 2 rings (SSSR count). The largest absolute Gasteiger partial charge is 0.393 e. The van der Waals surface area contributed by atoms with Crippen LogP contribution in [-0.4, -0.2) is 41.5 Å². The molecule has 1 aliphatic rings. The van der Waals surface area contributed by atoms with Crippen molar-refractivity contribution in [3.63, 3.8) is 0 Å². The minimum atomic E-state index is -0.581. The van der Waals surface area contributed by atoms with Crippen LogP contribution in [0.25, 0.3) is 0 Å². The first-order valence-corrected chi connectivity index (χ1v) is 6.47. The molecule has 2 N–H and O–H groups in total. The zero-order valence-corrected chi connectivity index (χ0v) is 11.2. The summed E-state index contributed by atoms with van der Waals surface area (Å²) in [6.45, 7) is 3.46. The van der Waals surface area contributed by atoms with Gasteiger partial charge in [-0.2, -0.15) is 0 Å². The maximum Gasteiger partial charge on any atom is 0.292 e. The Morgan fingerprint density at radius 3 is 3.00 bits per heavy atom. The molecule has 0 aromatic heterocycles. The minimum Gasteiger partial charge on any atom is -0.393 e. The zero-order valence-electron chi connectivity index (χ0n) is 11.2. The molecule has 1 fully saturated rings. The molecule has 1 aromatic rings. The topological polar surface area (TPSA) is 98.7 Å². The van der Waals surface area contributed by atoms with Crippen molar-refractivity contribution in [3.05, 3.63) is 33.9 Å². The summed E-state index contributed by atoms with van der Waals surface area (Å²) >= 11 is 0. The number of carbonyl (C=O) groups excluding carboxylic acids is 1. The number of ether oxygens (including phenoxy) is 1. The average molecular weight is 279 g/mol.